The van der Waals surface area contributed by atoms with Crippen molar-refractivity contribution < 1.29 is 14.3 Å². The van der Waals surface area contributed by atoms with Crippen LogP contribution < -0.4 is 0 Å². The van der Waals surface area contributed by atoms with Crippen molar-refractivity contribution in [3.63, 3.8) is 0 Å². The number of carbonyl (C=O) groups excluding carboxylic acids is 2. The zero-order valence-corrected chi connectivity index (χ0v) is 10.8. The number of hydrogen-bond acceptors (Lipinski definition) is 4. The Morgan fingerprint density at radius 1 is 1.26 bits per heavy atom. The molecule has 0 aliphatic heterocycles. The van der Waals surface area contributed by atoms with Gasteiger partial charge in [-0.15, -0.1) is 13.2 Å². The van der Waals surface area contributed by atoms with E-state index in [1.807, 2.05) is 0 Å². The fourth-order valence-corrected chi connectivity index (χ4v) is 1.49. The zero-order valence-electron chi connectivity index (χ0n) is 10.8. The average Bonchev–Trinajstić information content (AvgIpc) is 2.45. The van der Waals surface area contributed by atoms with Gasteiger partial charge in [-0.1, -0.05) is 18.2 Å². The normalized spacial score (nSPS) is 9.53. The Kier molecular flexibility index (Phi) is 5.47. The molecule has 0 saturated carbocycles. The van der Waals surface area contributed by atoms with Crippen LogP contribution in [0.2, 0.25) is 0 Å². The Morgan fingerprint density at radius 2 is 1.84 bits per heavy atom. The molecule has 1 amide bonds. The molecule has 0 aliphatic carbocycles. The van der Waals surface area contributed by atoms with Crippen molar-refractivity contribution in [2.75, 3.05) is 20.2 Å². The highest BCUT2D eigenvalue weighted by molar-refractivity contribution is 5.94. The van der Waals surface area contributed by atoms with E-state index >= 15 is 0 Å². The molecule has 1 rings (SSSR count). The third-order valence-electron chi connectivity index (χ3n) is 2.35. The van der Waals surface area contributed by atoms with Crippen LogP contribution in [0.25, 0.3) is 0 Å². The second-order valence-corrected chi connectivity index (χ2v) is 3.69. The molecule has 0 atom stereocenters. The van der Waals surface area contributed by atoms with Gasteiger partial charge < -0.3 is 9.64 Å². The van der Waals surface area contributed by atoms with Gasteiger partial charge in [-0.2, -0.15) is 0 Å². The first-order valence-electron chi connectivity index (χ1n) is 5.70. The molecule has 1 heterocycles. The minimum absolute atomic E-state index is 0.102. The van der Waals surface area contributed by atoms with Gasteiger partial charge in [0.15, 0.2) is 0 Å². The second-order valence-electron chi connectivity index (χ2n) is 3.69. The molecule has 19 heavy (non-hydrogen) atoms. The van der Waals surface area contributed by atoms with Gasteiger partial charge in [-0.05, 0) is 12.1 Å². The van der Waals surface area contributed by atoms with Crippen molar-refractivity contribution in [1.29, 1.82) is 0 Å². The lowest BCUT2D eigenvalue weighted by Crippen LogP contribution is -2.32. The molecular weight excluding hydrogens is 244 g/mol. The monoisotopic (exact) mass is 260 g/mol. The summed E-state index contributed by atoms with van der Waals surface area (Å²) in [5, 5.41) is 0. The van der Waals surface area contributed by atoms with Gasteiger partial charge in [0, 0.05) is 13.1 Å². The average molecular weight is 260 g/mol. The maximum absolute atomic E-state index is 12.2. The van der Waals surface area contributed by atoms with Crippen LogP contribution in [-0.2, 0) is 4.74 Å². The third kappa shape index (κ3) is 3.77. The van der Waals surface area contributed by atoms with Gasteiger partial charge >= 0.3 is 5.97 Å². The molecule has 1 aromatic rings. The molecule has 0 aliphatic rings. The standard InChI is InChI=1S/C14H16N2O3/c1-4-9-16(10-5-2)13(17)11-7-6-8-12(15-11)14(18)19-3/h4-8H,1-2,9-10H2,3H3. The van der Waals surface area contributed by atoms with Crippen molar-refractivity contribution in [3.8, 4) is 0 Å². The molecule has 5 nitrogen and oxygen atoms in total. The number of hydrogen-bond donors (Lipinski definition) is 0. The molecule has 0 fully saturated rings. The summed E-state index contributed by atoms with van der Waals surface area (Å²) in [4.78, 5) is 29.1. The van der Waals surface area contributed by atoms with Crippen LogP contribution >= 0.6 is 0 Å². The highest BCUT2D eigenvalue weighted by Crippen LogP contribution is 2.05. The molecule has 5 heteroatoms. The molecule has 0 unspecified atom stereocenters. The largest absolute Gasteiger partial charge is 0.464 e. The summed E-state index contributed by atoms with van der Waals surface area (Å²) >= 11 is 0. The quantitative estimate of drug-likeness (QED) is 0.577. The first kappa shape index (κ1) is 14.6. The number of esters is 1. The minimum Gasteiger partial charge on any atom is -0.464 e. The predicted octanol–water partition coefficient (Wildman–Crippen LogP) is 1.68. The predicted molar refractivity (Wildman–Crippen MR) is 71.9 cm³/mol. The fourth-order valence-electron chi connectivity index (χ4n) is 1.49. The van der Waals surface area contributed by atoms with Crippen molar-refractivity contribution in [3.05, 3.63) is 54.9 Å². The fraction of sp³-hybridized carbons (Fsp3) is 0.214. The van der Waals surface area contributed by atoms with E-state index in [4.69, 9.17) is 0 Å². The number of amides is 1. The van der Waals surface area contributed by atoms with Gasteiger partial charge in [-0.3, -0.25) is 4.79 Å². The smallest absolute Gasteiger partial charge is 0.356 e. The zero-order chi connectivity index (χ0) is 14.3. The first-order valence-corrected chi connectivity index (χ1v) is 5.70. The summed E-state index contributed by atoms with van der Waals surface area (Å²) in [6.07, 6.45) is 3.23. The number of nitrogens with zero attached hydrogens (tertiary/aromatic N) is 2. The molecule has 1 aromatic heterocycles. The van der Waals surface area contributed by atoms with Crippen molar-refractivity contribution in [2.24, 2.45) is 0 Å². The SMILES string of the molecule is C=CCN(CC=C)C(=O)c1cccc(C(=O)OC)n1. The van der Waals surface area contributed by atoms with Crippen LogP contribution in [0.15, 0.2) is 43.5 Å². The lowest BCUT2D eigenvalue weighted by molar-refractivity contribution is 0.0593. The molecule has 0 N–H and O–H groups in total. The van der Waals surface area contributed by atoms with Gasteiger partial charge in [0.05, 0.1) is 7.11 Å². The van der Waals surface area contributed by atoms with Gasteiger partial charge in [0.2, 0.25) is 0 Å². The molecule has 0 aromatic carbocycles. The van der Waals surface area contributed by atoms with Gasteiger partial charge in [0.1, 0.15) is 11.4 Å². The minimum atomic E-state index is -0.575. The lowest BCUT2D eigenvalue weighted by Gasteiger charge is -2.18. The van der Waals surface area contributed by atoms with E-state index in [0.717, 1.165) is 0 Å². The topological polar surface area (TPSA) is 59.5 Å². The van der Waals surface area contributed by atoms with E-state index in [0.29, 0.717) is 13.1 Å². The number of carbonyl (C=O) groups is 2. The van der Waals surface area contributed by atoms with E-state index in [1.165, 1.54) is 18.1 Å². The Balaban J connectivity index is 3.00. The molecular formula is C14H16N2O3. The van der Waals surface area contributed by atoms with Crippen LogP contribution in [0.1, 0.15) is 21.0 Å². The third-order valence-corrected chi connectivity index (χ3v) is 2.35. The number of pyridine rings is 1. The van der Waals surface area contributed by atoms with E-state index in [9.17, 15) is 9.59 Å². The first-order chi connectivity index (χ1) is 9.13. The van der Waals surface area contributed by atoms with E-state index in [-0.39, 0.29) is 17.3 Å². The Hall–Kier alpha value is -2.43. The van der Waals surface area contributed by atoms with E-state index < -0.39 is 5.97 Å². The van der Waals surface area contributed by atoms with Crippen molar-refractivity contribution >= 4 is 11.9 Å². The Bertz CT molecular complexity index is 487. The number of methoxy groups -OCH3 is 1. The van der Waals surface area contributed by atoms with Crippen LogP contribution in [0.4, 0.5) is 0 Å². The van der Waals surface area contributed by atoms with Crippen LogP contribution in [0, 0.1) is 0 Å². The highest BCUT2D eigenvalue weighted by atomic mass is 16.5. The van der Waals surface area contributed by atoms with Gasteiger partial charge in [-0.25, -0.2) is 9.78 Å². The molecule has 0 bridgehead atoms. The summed E-state index contributed by atoms with van der Waals surface area (Å²) in [6, 6.07) is 4.63. The van der Waals surface area contributed by atoms with Crippen LogP contribution in [0.3, 0.4) is 0 Å². The van der Waals surface area contributed by atoms with Crippen molar-refractivity contribution in [1.82, 2.24) is 9.88 Å². The molecule has 0 saturated heterocycles. The number of ether oxygens (including phenoxy) is 1. The molecule has 0 spiro atoms. The summed E-state index contributed by atoms with van der Waals surface area (Å²) in [6.45, 7) is 7.96. The van der Waals surface area contributed by atoms with Crippen LogP contribution in [-0.4, -0.2) is 42.0 Å². The summed E-state index contributed by atoms with van der Waals surface area (Å²) in [5.41, 5.74) is 0.289. The van der Waals surface area contributed by atoms with E-state index in [1.54, 1.807) is 24.3 Å². The Labute approximate surface area is 112 Å². The maximum atomic E-state index is 12.2. The summed E-state index contributed by atoms with van der Waals surface area (Å²) in [7, 11) is 1.26. The van der Waals surface area contributed by atoms with Gasteiger partial charge in [0.25, 0.3) is 5.91 Å². The summed E-state index contributed by atoms with van der Waals surface area (Å²) in [5.74, 6) is -0.862. The Morgan fingerprint density at radius 3 is 2.37 bits per heavy atom. The lowest BCUT2D eigenvalue weighted by atomic mass is 10.2. The molecule has 100 valence electrons. The van der Waals surface area contributed by atoms with E-state index in [2.05, 4.69) is 22.9 Å². The van der Waals surface area contributed by atoms with Crippen LogP contribution in [0.5, 0.6) is 0 Å². The van der Waals surface area contributed by atoms with Crippen molar-refractivity contribution in [2.45, 2.75) is 0 Å². The molecule has 0 radical (unpaired) electrons. The second kappa shape index (κ2) is 7.10. The highest BCUT2D eigenvalue weighted by Gasteiger charge is 2.17. The maximum Gasteiger partial charge on any atom is 0.356 e. The number of rotatable bonds is 6. The summed E-state index contributed by atoms with van der Waals surface area (Å²) < 4.78 is 4.57. The number of aromatic nitrogens is 1.